The highest BCUT2D eigenvalue weighted by atomic mass is 16.4. The van der Waals surface area contributed by atoms with E-state index in [1.807, 2.05) is 0 Å². The van der Waals surface area contributed by atoms with Gasteiger partial charge in [-0.1, -0.05) is 13.0 Å². The molecule has 0 heterocycles. The predicted molar refractivity (Wildman–Crippen MR) is 31.7 cm³/mol. The SMILES string of the molecule is C=[O+]C(C)=C[C-](C)O. The summed E-state index contributed by atoms with van der Waals surface area (Å²) in [4.78, 5) is 0. The maximum absolute atomic E-state index is 8.59. The first-order valence-electron chi connectivity index (χ1n) is 2.29. The van der Waals surface area contributed by atoms with E-state index in [2.05, 4.69) is 11.2 Å². The Morgan fingerprint density at radius 2 is 2.38 bits per heavy atom. The molecule has 0 saturated heterocycles. The summed E-state index contributed by atoms with van der Waals surface area (Å²) in [5.41, 5.74) is 0. The summed E-state index contributed by atoms with van der Waals surface area (Å²) in [6.45, 7) is 6.43. The van der Waals surface area contributed by atoms with Crippen molar-refractivity contribution in [2.24, 2.45) is 0 Å². The minimum Gasteiger partial charge on any atom is -0.455 e. The lowest BCUT2D eigenvalue weighted by Crippen LogP contribution is -1.83. The van der Waals surface area contributed by atoms with Crippen LogP contribution in [-0.2, 0) is 4.42 Å². The van der Waals surface area contributed by atoms with Crippen LogP contribution in [0.5, 0.6) is 0 Å². The van der Waals surface area contributed by atoms with Crippen LogP contribution in [0.25, 0.3) is 0 Å². The van der Waals surface area contributed by atoms with Crippen molar-refractivity contribution >= 4 is 6.79 Å². The number of hydrogen-bond donors (Lipinski definition) is 1. The molecule has 0 radical (unpaired) electrons. The third kappa shape index (κ3) is 3.43. The fourth-order valence-corrected chi connectivity index (χ4v) is 0.336. The zero-order valence-corrected chi connectivity index (χ0v) is 5.14. The molecule has 0 spiro atoms. The molecule has 0 rings (SSSR count). The van der Waals surface area contributed by atoms with E-state index in [0.717, 1.165) is 0 Å². The van der Waals surface area contributed by atoms with Crippen molar-refractivity contribution in [3.05, 3.63) is 17.9 Å². The molecule has 0 unspecified atom stereocenters. The molecule has 0 aliphatic rings. The van der Waals surface area contributed by atoms with Gasteiger partial charge in [-0.2, -0.15) is 0 Å². The highest BCUT2D eigenvalue weighted by molar-refractivity contribution is 5.15. The lowest BCUT2D eigenvalue weighted by atomic mass is 10.3. The van der Waals surface area contributed by atoms with Gasteiger partial charge in [0.2, 0.25) is 0 Å². The van der Waals surface area contributed by atoms with Gasteiger partial charge in [0.25, 0.3) is 6.79 Å². The van der Waals surface area contributed by atoms with Crippen molar-refractivity contribution < 1.29 is 9.53 Å². The molecule has 0 saturated carbocycles. The average Bonchev–Trinajstić information content (AvgIpc) is 1.65. The Hall–Kier alpha value is -0.760. The Labute approximate surface area is 49.1 Å². The van der Waals surface area contributed by atoms with Gasteiger partial charge in [-0.05, 0) is 6.92 Å². The average molecular weight is 114 g/mol. The molecule has 0 aliphatic carbocycles. The number of carbonyl (C=O) groups excluding carboxylic acids is 1. The monoisotopic (exact) mass is 114 g/mol. The fourth-order valence-electron chi connectivity index (χ4n) is 0.336. The highest BCUT2D eigenvalue weighted by Crippen LogP contribution is 1.97. The summed E-state index contributed by atoms with van der Waals surface area (Å²) < 4.78 is 4.49. The Morgan fingerprint density at radius 1 is 1.88 bits per heavy atom. The molecule has 0 aromatic heterocycles. The van der Waals surface area contributed by atoms with Crippen molar-refractivity contribution in [1.29, 1.82) is 0 Å². The summed E-state index contributed by atoms with van der Waals surface area (Å²) in [6, 6.07) is 0. The molecule has 1 N–H and O–H groups in total. The smallest absolute Gasteiger partial charge is 0.257 e. The molecular weight excluding hydrogens is 104 g/mol. The largest absolute Gasteiger partial charge is 0.455 e. The zero-order chi connectivity index (χ0) is 6.57. The Morgan fingerprint density at radius 3 is 2.50 bits per heavy atom. The van der Waals surface area contributed by atoms with E-state index in [0.29, 0.717) is 5.76 Å². The number of hydrogen-bond acceptors (Lipinski definition) is 1. The minimum absolute atomic E-state index is 0.228. The normalized spacial score (nSPS) is 11.1. The summed E-state index contributed by atoms with van der Waals surface area (Å²) >= 11 is 0. The van der Waals surface area contributed by atoms with Crippen molar-refractivity contribution in [3.63, 3.8) is 0 Å². The molecule has 46 valence electrons. The summed E-state index contributed by atoms with van der Waals surface area (Å²) in [5.74, 6) is 0.602. The molecule has 0 aromatic rings. The summed E-state index contributed by atoms with van der Waals surface area (Å²) in [5, 5.41) is 8.59. The molecule has 0 bridgehead atoms. The van der Waals surface area contributed by atoms with Gasteiger partial charge in [0.15, 0.2) is 5.76 Å². The van der Waals surface area contributed by atoms with Crippen molar-refractivity contribution in [2.75, 3.05) is 0 Å². The molecule has 0 aliphatic heterocycles. The number of aliphatic hydroxyl groups excluding tert-OH is 1. The highest BCUT2D eigenvalue weighted by Gasteiger charge is 1.83. The van der Waals surface area contributed by atoms with Crippen LogP contribution in [0.2, 0.25) is 0 Å². The van der Waals surface area contributed by atoms with Crippen LogP contribution in [-0.4, -0.2) is 11.9 Å². The third-order valence-electron chi connectivity index (χ3n) is 0.640. The van der Waals surface area contributed by atoms with Gasteiger partial charge >= 0.3 is 0 Å². The maximum atomic E-state index is 8.59. The summed E-state index contributed by atoms with van der Waals surface area (Å²) in [7, 11) is 0. The molecule has 0 amide bonds. The van der Waals surface area contributed by atoms with E-state index < -0.39 is 0 Å². The van der Waals surface area contributed by atoms with Crippen LogP contribution in [0.1, 0.15) is 13.8 Å². The Balaban J connectivity index is 3.74. The second kappa shape index (κ2) is 3.27. The molecule has 0 fully saturated rings. The van der Waals surface area contributed by atoms with E-state index in [4.69, 9.17) is 5.11 Å². The zero-order valence-electron chi connectivity index (χ0n) is 5.14. The van der Waals surface area contributed by atoms with Crippen molar-refractivity contribution in [3.8, 4) is 0 Å². The van der Waals surface area contributed by atoms with Gasteiger partial charge in [-0.15, -0.1) is 6.08 Å². The molecule has 0 atom stereocenters. The maximum Gasteiger partial charge on any atom is 0.257 e. The van der Waals surface area contributed by atoms with Crippen LogP contribution in [0.15, 0.2) is 11.8 Å². The van der Waals surface area contributed by atoms with Crippen molar-refractivity contribution in [2.45, 2.75) is 13.8 Å². The van der Waals surface area contributed by atoms with Crippen LogP contribution >= 0.6 is 0 Å². The number of aliphatic hydroxyl groups is 1. The topological polar surface area (TPSA) is 31.5 Å². The van der Waals surface area contributed by atoms with Crippen LogP contribution in [0.4, 0.5) is 0 Å². The van der Waals surface area contributed by atoms with Gasteiger partial charge in [0, 0.05) is 0 Å². The first kappa shape index (κ1) is 7.24. The van der Waals surface area contributed by atoms with E-state index in [1.54, 1.807) is 13.8 Å². The molecule has 2 heteroatoms. The van der Waals surface area contributed by atoms with Gasteiger partial charge in [0.1, 0.15) is 0 Å². The van der Waals surface area contributed by atoms with E-state index in [9.17, 15) is 0 Å². The number of rotatable bonds is 2. The first-order valence-corrected chi connectivity index (χ1v) is 2.29. The van der Waals surface area contributed by atoms with Gasteiger partial charge in [-0.3, -0.25) is 0 Å². The molecule has 8 heavy (non-hydrogen) atoms. The van der Waals surface area contributed by atoms with E-state index in [1.165, 1.54) is 6.08 Å². The van der Waals surface area contributed by atoms with Gasteiger partial charge in [-0.25, -0.2) is 0 Å². The predicted octanol–water partition coefficient (Wildman–Crippen LogP) is 1.18. The van der Waals surface area contributed by atoms with Gasteiger partial charge in [0.05, 0.1) is 0 Å². The minimum atomic E-state index is 0.228. The lowest BCUT2D eigenvalue weighted by Gasteiger charge is -1.99. The Bertz CT molecular complexity index is 103. The van der Waals surface area contributed by atoms with Crippen LogP contribution < -0.4 is 0 Å². The van der Waals surface area contributed by atoms with Crippen LogP contribution in [0.3, 0.4) is 0 Å². The van der Waals surface area contributed by atoms with E-state index in [-0.39, 0.29) is 6.10 Å². The van der Waals surface area contributed by atoms with E-state index >= 15 is 0 Å². The van der Waals surface area contributed by atoms with Crippen molar-refractivity contribution in [1.82, 2.24) is 0 Å². The Kier molecular flexibility index (Phi) is 2.96. The number of allylic oxidation sites excluding steroid dienone is 1. The summed E-state index contributed by atoms with van der Waals surface area (Å²) in [6.07, 6.45) is 1.72. The van der Waals surface area contributed by atoms with Crippen LogP contribution in [0, 0.1) is 6.10 Å². The standard InChI is InChI=1S/C6H10O2/c1-5(7)4-6(2)8-3/h4,7H,3H2,1-2H3. The first-order chi connectivity index (χ1) is 3.66. The fraction of sp³-hybridized carbons (Fsp3) is 0.333. The third-order valence-corrected chi connectivity index (χ3v) is 0.640. The molecule has 2 nitrogen and oxygen atoms in total. The molecular formula is C6H10O2. The molecule has 0 aromatic carbocycles. The van der Waals surface area contributed by atoms with Gasteiger partial charge < -0.3 is 9.53 Å². The second-order valence-electron chi connectivity index (χ2n) is 1.54. The second-order valence-corrected chi connectivity index (χ2v) is 1.54. The quantitative estimate of drug-likeness (QED) is 0.326. The lowest BCUT2D eigenvalue weighted by molar-refractivity contribution is -0.386.